The number of carbonyl (C=O) groups is 2. The van der Waals surface area contributed by atoms with E-state index >= 15 is 0 Å². The number of aryl methyl sites for hydroxylation is 1. The highest BCUT2D eigenvalue weighted by Gasteiger charge is 2.28. The van der Waals surface area contributed by atoms with Crippen molar-refractivity contribution in [3.05, 3.63) is 93.5 Å². The number of carboxylic acids is 1. The Labute approximate surface area is 207 Å². The summed E-state index contributed by atoms with van der Waals surface area (Å²) >= 11 is 3.47. The molecule has 3 aromatic carbocycles. The molecule has 1 heterocycles. The number of hydrogen-bond donors (Lipinski definition) is 3. The van der Waals surface area contributed by atoms with E-state index in [0.29, 0.717) is 17.7 Å². The summed E-state index contributed by atoms with van der Waals surface area (Å²) in [5, 5.41) is 15.4. The average Bonchev–Trinajstić information content (AvgIpc) is 3.11. The molecule has 4 rings (SSSR count). The lowest BCUT2D eigenvalue weighted by Gasteiger charge is -2.16. The number of amides is 1. The number of anilines is 2. The minimum absolute atomic E-state index is 0.0789. The lowest BCUT2D eigenvalue weighted by Crippen LogP contribution is -2.11. The number of carboxylic acid groups (broad SMARTS) is 1. The van der Waals surface area contributed by atoms with Gasteiger partial charge in [-0.2, -0.15) is 0 Å². The number of nitrogens with one attached hydrogen (secondary N) is 2. The Balaban J connectivity index is 1.74. The summed E-state index contributed by atoms with van der Waals surface area (Å²) in [6.45, 7) is 0.844. The van der Waals surface area contributed by atoms with Crippen LogP contribution in [0, 0.1) is 0 Å². The van der Waals surface area contributed by atoms with Gasteiger partial charge >= 0.3 is 5.97 Å². The van der Waals surface area contributed by atoms with Gasteiger partial charge in [0.25, 0.3) is 5.91 Å². The highest BCUT2D eigenvalue weighted by atomic mass is 79.9. The number of fused-ring (bicyclic) bond motifs is 1. The number of nitrogens with zero attached hydrogens (tertiary/aromatic N) is 1. The van der Waals surface area contributed by atoms with Crippen LogP contribution in [0.25, 0.3) is 11.3 Å². The minimum atomic E-state index is -0.823. The minimum Gasteiger partial charge on any atom is -0.481 e. The topological polar surface area (TPSA) is 81.7 Å². The third kappa shape index (κ3) is 5.55. The van der Waals surface area contributed by atoms with Gasteiger partial charge < -0.3 is 20.6 Å². The Morgan fingerprint density at radius 1 is 1.00 bits per heavy atom. The van der Waals surface area contributed by atoms with Crippen molar-refractivity contribution < 1.29 is 14.7 Å². The van der Waals surface area contributed by atoms with Gasteiger partial charge in [0.05, 0.1) is 17.0 Å². The second kappa shape index (κ2) is 10.2. The summed E-state index contributed by atoms with van der Waals surface area (Å²) in [5.74, 6) is -0.994. The van der Waals surface area contributed by atoms with E-state index in [0.717, 1.165) is 39.1 Å². The monoisotopic (exact) mass is 519 g/mol. The van der Waals surface area contributed by atoms with E-state index in [2.05, 4.69) is 43.6 Å². The van der Waals surface area contributed by atoms with E-state index in [1.165, 1.54) is 5.56 Å². The van der Waals surface area contributed by atoms with E-state index in [9.17, 15) is 9.59 Å². The zero-order valence-corrected chi connectivity index (χ0v) is 20.6. The smallest absolute Gasteiger partial charge is 0.303 e. The molecule has 6 nitrogen and oxygen atoms in total. The molecule has 0 radical (unpaired) electrons. The van der Waals surface area contributed by atoms with E-state index in [1.807, 2.05) is 68.7 Å². The summed E-state index contributed by atoms with van der Waals surface area (Å²) in [5.41, 5.74) is 6.70. The molecule has 0 aromatic heterocycles. The SMILES string of the molecule is CN(C)Cc1ccc(NC(=C2C(=O)Nc3cc(Br)ccc32)c2ccc(CCC(=O)O)cc2)cc1. The molecule has 0 unspecified atom stereocenters. The van der Waals surface area contributed by atoms with E-state index in [-0.39, 0.29) is 12.3 Å². The fourth-order valence-electron chi connectivity index (χ4n) is 3.96. The van der Waals surface area contributed by atoms with E-state index in [4.69, 9.17) is 5.11 Å². The molecule has 1 amide bonds. The molecule has 3 aromatic rings. The van der Waals surface area contributed by atoms with Crippen molar-refractivity contribution in [1.82, 2.24) is 4.90 Å². The van der Waals surface area contributed by atoms with E-state index in [1.54, 1.807) is 0 Å². The Hall–Kier alpha value is -3.42. The quantitative estimate of drug-likeness (QED) is 0.344. The van der Waals surface area contributed by atoms with Crippen molar-refractivity contribution in [2.24, 2.45) is 0 Å². The fraction of sp³-hybridized carbons (Fsp3) is 0.185. The van der Waals surface area contributed by atoms with Gasteiger partial charge in [0.2, 0.25) is 0 Å². The maximum atomic E-state index is 13.1. The van der Waals surface area contributed by atoms with Crippen LogP contribution in [0.4, 0.5) is 11.4 Å². The average molecular weight is 520 g/mol. The van der Waals surface area contributed by atoms with Gasteiger partial charge in [0, 0.05) is 28.7 Å². The highest BCUT2D eigenvalue weighted by Crippen LogP contribution is 2.39. The van der Waals surface area contributed by atoms with Gasteiger partial charge in [-0.05, 0) is 61.5 Å². The van der Waals surface area contributed by atoms with Crippen LogP contribution in [0.3, 0.4) is 0 Å². The number of aliphatic carboxylic acids is 1. The molecule has 0 bridgehead atoms. The number of benzene rings is 3. The van der Waals surface area contributed by atoms with Gasteiger partial charge in [-0.25, -0.2) is 0 Å². The predicted molar refractivity (Wildman–Crippen MR) is 139 cm³/mol. The van der Waals surface area contributed by atoms with Gasteiger partial charge in [-0.1, -0.05) is 58.4 Å². The predicted octanol–water partition coefficient (Wildman–Crippen LogP) is 5.46. The van der Waals surface area contributed by atoms with Crippen molar-refractivity contribution in [2.45, 2.75) is 19.4 Å². The second-order valence-corrected chi connectivity index (χ2v) is 9.46. The first-order chi connectivity index (χ1) is 16.3. The number of rotatable bonds is 8. The molecular weight excluding hydrogens is 494 g/mol. The van der Waals surface area contributed by atoms with Crippen molar-refractivity contribution >= 4 is 50.5 Å². The molecule has 1 aliphatic heterocycles. The largest absolute Gasteiger partial charge is 0.481 e. The third-order valence-corrected chi connectivity index (χ3v) is 6.06. The number of halogens is 1. The second-order valence-electron chi connectivity index (χ2n) is 8.54. The third-order valence-electron chi connectivity index (χ3n) is 5.57. The standard InChI is InChI=1S/C27H26BrN3O3/c1-31(2)16-18-5-11-21(12-6-18)29-26(19-8-3-17(4-9-19)7-14-24(32)33)25-22-13-10-20(28)15-23(22)30-27(25)34/h3-6,8-13,15,29H,7,14,16H2,1-2H3,(H,30,34)(H,32,33). The summed E-state index contributed by atoms with van der Waals surface area (Å²) in [6.07, 6.45) is 0.537. The molecule has 0 atom stereocenters. The summed E-state index contributed by atoms with van der Waals surface area (Å²) in [7, 11) is 4.06. The first-order valence-corrected chi connectivity index (χ1v) is 11.8. The molecule has 7 heteroatoms. The van der Waals surface area contributed by atoms with Crippen LogP contribution in [0.15, 0.2) is 71.2 Å². The van der Waals surface area contributed by atoms with Crippen molar-refractivity contribution in [1.29, 1.82) is 0 Å². The zero-order chi connectivity index (χ0) is 24.2. The number of hydrogen-bond acceptors (Lipinski definition) is 4. The Kier molecular flexibility index (Phi) is 7.14. The van der Waals surface area contributed by atoms with Crippen molar-refractivity contribution in [3.8, 4) is 0 Å². The molecule has 0 saturated carbocycles. The Morgan fingerprint density at radius 3 is 2.32 bits per heavy atom. The molecule has 0 saturated heterocycles. The van der Waals surface area contributed by atoms with E-state index < -0.39 is 5.97 Å². The number of carbonyl (C=O) groups excluding carboxylic acids is 1. The van der Waals surface area contributed by atoms with Crippen LogP contribution in [-0.4, -0.2) is 36.0 Å². The maximum absolute atomic E-state index is 13.1. The highest BCUT2D eigenvalue weighted by molar-refractivity contribution is 9.10. The van der Waals surface area contributed by atoms with Crippen LogP contribution >= 0.6 is 15.9 Å². The maximum Gasteiger partial charge on any atom is 0.303 e. The molecular formula is C27H26BrN3O3. The molecule has 174 valence electrons. The summed E-state index contributed by atoms with van der Waals surface area (Å²) in [4.78, 5) is 26.1. The van der Waals surface area contributed by atoms with Crippen molar-refractivity contribution in [2.75, 3.05) is 24.7 Å². The summed E-state index contributed by atoms with van der Waals surface area (Å²) < 4.78 is 0.890. The molecule has 0 spiro atoms. The Bertz CT molecular complexity index is 1250. The van der Waals surface area contributed by atoms with Crippen LogP contribution in [0.1, 0.15) is 28.7 Å². The lowest BCUT2D eigenvalue weighted by molar-refractivity contribution is -0.137. The summed E-state index contributed by atoms with van der Waals surface area (Å²) in [6, 6.07) is 21.6. The van der Waals surface area contributed by atoms with Crippen molar-refractivity contribution in [3.63, 3.8) is 0 Å². The molecule has 3 N–H and O–H groups in total. The first kappa shape index (κ1) is 23.7. The van der Waals surface area contributed by atoms with Gasteiger partial charge in [-0.3, -0.25) is 9.59 Å². The molecule has 34 heavy (non-hydrogen) atoms. The van der Waals surface area contributed by atoms with Crippen LogP contribution in [0.2, 0.25) is 0 Å². The van der Waals surface area contributed by atoms with Gasteiger partial charge in [0.15, 0.2) is 0 Å². The van der Waals surface area contributed by atoms with Crippen LogP contribution in [-0.2, 0) is 22.6 Å². The Morgan fingerprint density at radius 2 is 1.68 bits per heavy atom. The molecule has 0 aliphatic carbocycles. The van der Waals surface area contributed by atoms with Gasteiger partial charge in [-0.15, -0.1) is 0 Å². The fourth-order valence-corrected chi connectivity index (χ4v) is 4.33. The van der Waals surface area contributed by atoms with Crippen LogP contribution in [0.5, 0.6) is 0 Å². The van der Waals surface area contributed by atoms with Gasteiger partial charge in [0.1, 0.15) is 0 Å². The lowest BCUT2D eigenvalue weighted by atomic mass is 9.98. The molecule has 1 aliphatic rings. The molecule has 0 fully saturated rings. The normalized spacial score (nSPS) is 14.1. The van der Waals surface area contributed by atoms with Crippen LogP contribution < -0.4 is 10.6 Å². The first-order valence-electron chi connectivity index (χ1n) is 11.0. The zero-order valence-electron chi connectivity index (χ0n) is 19.1.